The number of rotatable bonds is 7. The highest BCUT2D eigenvalue weighted by Crippen LogP contribution is 2.21. The number of hydrogen-bond acceptors (Lipinski definition) is 7. The van der Waals surface area contributed by atoms with Crippen molar-refractivity contribution >= 4 is 28.4 Å². The lowest BCUT2D eigenvalue weighted by Crippen LogP contribution is -2.39. The summed E-state index contributed by atoms with van der Waals surface area (Å²) in [7, 11) is -5.92. The van der Waals surface area contributed by atoms with Gasteiger partial charge < -0.3 is 9.47 Å². The number of carbonyl (C=O) groups is 2. The molecule has 0 aliphatic rings. The number of nitrogens with one attached hydrogen (secondary N) is 1. The van der Waals surface area contributed by atoms with Crippen LogP contribution in [0, 0.1) is 0 Å². The normalized spacial score (nSPS) is 12.6. The van der Waals surface area contributed by atoms with Crippen LogP contribution in [0.1, 0.15) is 6.92 Å². The minimum absolute atomic E-state index is 0.607. The summed E-state index contributed by atoms with van der Waals surface area (Å²) < 4.78 is 62.1. The molecule has 2 N–H and O–H groups in total. The van der Waals surface area contributed by atoms with Gasteiger partial charge in [-0.25, -0.2) is 9.59 Å². The molecular weight excluding hydrogens is 318 g/mol. The second kappa shape index (κ2) is 8.26. The van der Waals surface area contributed by atoms with E-state index >= 15 is 0 Å². The van der Waals surface area contributed by atoms with Crippen molar-refractivity contribution in [3.05, 3.63) is 12.4 Å². The molecule has 120 valence electrons. The molecule has 0 spiro atoms. The van der Waals surface area contributed by atoms with Gasteiger partial charge in [-0.05, 0) is 6.92 Å². The van der Waals surface area contributed by atoms with Crippen molar-refractivity contribution in [1.29, 1.82) is 0 Å². The van der Waals surface area contributed by atoms with E-state index in [2.05, 4.69) is 19.8 Å². The Morgan fingerprint density at radius 1 is 1.33 bits per heavy atom. The van der Waals surface area contributed by atoms with E-state index in [0.717, 1.165) is 6.20 Å². The third-order valence-corrected chi connectivity index (χ3v) is 2.44. The van der Waals surface area contributed by atoms with Gasteiger partial charge >= 0.3 is 27.4 Å². The summed E-state index contributed by atoms with van der Waals surface area (Å²) in [6.07, 6.45) is 2.82. The van der Waals surface area contributed by atoms with Crippen molar-refractivity contribution in [1.82, 2.24) is 5.32 Å². The highest BCUT2D eigenvalue weighted by atomic mass is 32.2. The summed E-state index contributed by atoms with van der Waals surface area (Å²) in [5.74, 6) is -2.48. The second-order valence-electron chi connectivity index (χ2n) is 3.13. The van der Waals surface area contributed by atoms with Crippen LogP contribution >= 0.6 is 0 Å². The van der Waals surface area contributed by atoms with Crippen LogP contribution in [0.3, 0.4) is 0 Å². The number of carbonyl (C=O) groups excluding carboxylic acids is 2. The molecule has 0 unspecified atom stereocenters. The molecule has 0 bridgehead atoms. The van der Waals surface area contributed by atoms with Gasteiger partial charge in [-0.15, -0.1) is 0 Å². The number of nitrogens with zero attached hydrogens (tertiary/aromatic N) is 1. The molecule has 0 aliphatic heterocycles. The van der Waals surface area contributed by atoms with Crippen LogP contribution in [0.5, 0.6) is 0 Å². The Bertz CT molecular complexity index is 530. The monoisotopic (exact) mass is 330 g/mol. The Labute approximate surface area is 118 Å². The summed E-state index contributed by atoms with van der Waals surface area (Å²) >= 11 is 0. The molecule has 12 heteroatoms. The Hall–Kier alpha value is -2.08. The maximum atomic E-state index is 12.7. The SMILES string of the molecule is CC=N/C=C\NC(=O)OCCOC(=O)C(F)(F)S(=O)(=O)O. The van der Waals surface area contributed by atoms with Gasteiger partial charge in [-0.1, -0.05) is 0 Å². The van der Waals surface area contributed by atoms with E-state index in [-0.39, 0.29) is 0 Å². The van der Waals surface area contributed by atoms with Crippen molar-refractivity contribution in [3.63, 3.8) is 0 Å². The molecule has 1 amide bonds. The van der Waals surface area contributed by atoms with Crippen LogP contribution in [0.15, 0.2) is 17.4 Å². The van der Waals surface area contributed by atoms with Crippen molar-refractivity contribution < 1.29 is 40.8 Å². The first-order chi connectivity index (χ1) is 9.63. The van der Waals surface area contributed by atoms with Crippen molar-refractivity contribution in [2.75, 3.05) is 13.2 Å². The molecule has 0 rings (SSSR count). The summed E-state index contributed by atoms with van der Waals surface area (Å²) in [6, 6.07) is 0. The Balaban J connectivity index is 4.06. The first-order valence-corrected chi connectivity index (χ1v) is 6.65. The van der Waals surface area contributed by atoms with Gasteiger partial charge in [-0.2, -0.15) is 17.2 Å². The van der Waals surface area contributed by atoms with E-state index in [9.17, 15) is 26.8 Å². The number of alkyl halides is 2. The zero-order valence-electron chi connectivity index (χ0n) is 10.7. The van der Waals surface area contributed by atoms with E-state index in [0.29, 0.717) is 0 Å². The molecule has 0 aromatic carbocycles. The molecule has 0 saturated carbocycles. The zero-order chi connectivity index (χ0) is 16.5. The lowest BCUT2D eigenvalue weighted by atomic mass is 10.7. The average molecular weight is 330 g/mol. The van der Waals surface area contributed by atoms with E-state index in [4.69, 9.17) is 4.55 Å². The van der Waals surface area contributed by atoms with Crippen LogP contribution in [0.25, 0.3) is 0 Å². The highest BCUT2D eigenvalue weighted by molar-refractivity contribution is 7.87. The van der Waals surface area contributed by atoms with E-state index in [1.807, 2.05) is 0 Å². The third-order valence-electron chi connectivity index (χ3n) is 1.62. The zero-order valence-corrected chi connectivity index (χ0v) is 11.5. The predicted octanol–water partition coefficient (Wildman–Crippen LogP) is 0.298. The van der Waals surface area contributed by atoms with Gasteiger partial charge in [0.2, 0.25) is 0 Å². The van der Waals surface area contributed by atoms with Gasteiger partial charge in [-0.3, -0.25) is 14.9 Å². The van der Waals surface area contributed by atoms with Crippen LogP contribution < -0.4 is 5.32 Å². The summed E-state index contributed by atoms with van der Waals surface area (Å²) in [4.78, 5) is 25.3. The minimum atomic E-state index is -5.92. The maximum Gasteiger partial charge on any atom is 0.465 e. The number of halogens is 2. The molecule has 0 radical (unpaired) electrons. The molecule has 9 nitrogen and oxygen atoms in total. The molecule has 0 atom stereocenters. The van der Waals surface area contributed by atoms with E-state index in [1.165, 1.54) is 12.4 Å². The molecule has 0 saturated heterocycles. The van der Waals surface area contributed by atoms with Gasteiger partial charge in [0.05, 0.1) is 0 Å². The predicted molar refractivity (Wildman–Crippen MR) is 65.2 cm³/mol. The highest BCUT2D eigenvalue weighted by Gasteiger charge is 2.54. The quantitative estimate of drug-likeness (QED) is 0.297. The number of ether oxygens (including phenoxy) is 2. The minimum Gasteiger partial charge on any atom is -0.457 e. The summed E-state index contributed by atoms with van der Waals surface area (Å²) in [5, 5.41) is -3.01. The first kappa shape index (κ1) is 18.9. The molecule has 21 heavy (non-hydrogen) atoms. The van der Waals surface area contributed by atoms with Gasteiger partial charge in [0, 0.05) is 18.6 Å². The fraction of sp³-hybridized carbons (Fsp3) is 0.444. The number of alkyl carbamates (subject to hydrolysis) is 1. The Kier molecular flexibility index (Phi) is 7.44. The number of esters is 1. The fourth-order valence-electron chi connectivity index (χ4n) is 0.734. The smallest absolute Gasteiger partial charge is 0.457 e. The average Bonchev–Trinajstić information content (AvgIpc) is 2.38. The topological polar surface area (TPSA) is 131 Å². The van der Waals surface area contributed by atoms with Gasteiger partial charge in [0.25, 0.3) is 0 Å². The van der Waals surface area contributed by atoms with Crippen molar-refractivity contribution in [2.45, 2.75) is 12.2 Å². The summed E-state index contributed by atoms with van der Waals surface area (Å²) in [6.45, 7) is 0.206. The Morgan fingerprint density at radius 3 is 2.43 bits per heavy atom. The van der Waals surface area contributed by atoms with Crippen molar-refractivity contribution in [3.8, 4) is 0 Å². The second-order valence-corrected chi connectivity index (χ2v) is 4.59. The van der Waals surface area contributed by atoms with Crippen molar-refractivity contribution in [2.24, 2.45) is 4.99 Å². The lowest BCUT2D eigenvalue weighted by Gasteiger charge is -2.11. The summed E-state index contributed by atoms with van der Waals surface area (Å²) in [5.41, 5.74) is 0. The largest absolute Gasteiger partial charge is 0.465 e. The lowest BCUT2D eigenvalue weighted by molar-refractivity contribution is -0.162. The van der Waals surface area contributed by atoms with Gasteiger partial charge in [0.1, 0.15) is 13.2 Å². The van der Waals surface area contributed by atoms with Crippen LogP contribution in [-0.4, -0.2) is 49.7 Å². The molecule has 0 fully saturated rings. The molecule has 0 aliphatic carbocycles. The maximum absolute atomic E-state index is 12.7. The molecular formula is C9H12F2N2O7S. The number of aliphatic imine (C=N–C) groups is 1. The Morgan fingerprint density at radius 2 is 1.90 bits per heavy atom. The molecule has 0 aromatic rings. The third kappa shape index (κ3) is 6.76. The van der Waals surface area contributed by atoms with Crippen LogP contribution in [0.2, 0.25) is 0 Å². The fourth-order valence-corrected chi connectivity index (χ4v) is 1.00. The molecule has 0 aromatic heterocycles. The first-order valence-electron chi connectivity index (χ1n) is 5.21. The number of hydrogen-bond donors (Lipinski definition) is 2. The van der Waals surface area contributed by atoms with E-state index in [1.54, 1.807) is 6.92 Å². The van der Waals surface area contributed by atoms with Crippen LogP contribution in [-0.2, 0) is 24.4 Å². The number of amides is 1. The molecule has 0 heterocycles. The van der Waals surface area contributed by atoms with Crippen LogP contribution in [0.4, 0.5) is 13.6 Å². The van der Waals surface area contributed by atoms with Gasteiger partial charge in [0.15, 0.2) is 0 Å². The standard InChI is InChI=1S/C9H12F2N2O7S/c1-2-12-3-4-13-8(15)20-6-5-19-7(14)9(10,11)21(16,17)18/h2-4H,5-6H2,1H3,(H,13,15)(H,16,17,18)/b4-3-,12-2?. The van der Waals surface area contributed by atoms with E-state index < -0.39 is 40.6 Å².